The molecule has 26 heavy (non-hydrogen) atoms. The molecule has 136 valence electrons. The fourth-order valence-electron chi connectivity index (χ4n) is 2.34. The second kappa shape index (κ2) is 7.84. The van der Waals surface area contributed by atoms with Gasteiger partial charge in [0.1, 0.15) is 11.5 Å². The van der Waals surface area contributed by atoms with Crippen LogP contribution in [-0.2, 0) is 4.79 Å². The van der Waals surface area contributed by atoms with Gasteiger partial charge in [-0.05, 0) is 31.7 Å². The molecule has 0 radical (unpaired) electrons. The lowest BCUT2D eigenvalue weighted by Crippen LogP contribution is -2.20. The molecule has 3 rings (SSSR count). The van der Waals surface area contributed by atoms with Crippen molar-refractivity contribution in [3.05, 3.63) is 45.2 Å². The number of aromatic amines is 1. The van der Waals surface area contributed by atoms with Crippen LogP contribution in [0.25, 0.3) is 16.5 Å². The summed E-state index contributed by atoms with van der Waals surface area (Å²) in [6.45, 7) is 3.47. The van der Waals surface area contributed by atoms with Gasteiger partial charge >= 0.3 is 0 Å². The smallest absolute Gasteiger partial charge is 0.255 e. The summed E-state index contributed by atoms with van der Waals surface area (Å²) in [5.41, 5.74) is 1.61. The highest BCUT2D eigenvalue weighted by Gasteiger charge is 2.16. The Balaban J connectivity index is 2.04. The van der Waals surface area contributed by atoms with Crippen molar-refractivity contribution in [3.63, 3.8) is 0 Å². The number of nitrogens with zero attached hydrogens (tertiary/aromatic N) is 3. The largest absolute Gasteiger partial charge is 0.310 e. The first-order valence-electron chi connectivity index (χ1n) is 8.07. The molecule has 9 heteroatoms. The first kappa shape index (κ1) is 18.3. The minimum atomic E-state index is -0.236. The average Bonchev–Trinajstić information content (AvgIpc) is 3.27. The normalized spacial score (nSPS) is 10.9. The molecule has 0 aromatic carbocycles. The monoisotopic (exact) mass is 391 g/mol. The first-order chi connectivity index (χ1) is 12.5. The topological polar surface area (TPSA) is 92.7 Å². The molecule has 3 aromatic rings. The minimum absolute atomic E-state index is 0.171. The highest BCUT2D eigenvalue weighted by Crippen LogP contribution is 2.27. The van der Waals surface area contributed by atoms with Crippen LogP contribution in [0.5, 0.6) is 0 Å². The molecule has 7 nitrogen and oxygen atoms in total. The van der Waals surface area contributed by atoms with E-state index >= 15 is 0 Å². The number of carbonyl (C=O) groups is 1. The highest BCUT2D eigenvalue weighted by molar-refractivity contribution is 7.13. The molecule has 2 N–H and O–H groups in total. The zero-order valence-corrected chi connectivity index (χ0v) is 15.9. The molecule has 1 amide bonds. The quantitative estimate of drug-likeness (QED) is 0.631. The fraction of sp³-hybridized carbons (Fsp3) is 0.294. The number of hydrogen-bond acceptors (Lipinski definition) is 5. The van der Waals surface area contributed by atoms with Gasteiger partial charge in [0, 0.05) is 29.6 Å². The Bertz CT molecular complexity index is 978. The predicted octanol–water partition coefficient (Wildman–Crippen LogP) is 3.26. The lowest BCUT2D eigenvalue weighted by Gasteiger charge is -2.09. The van der Waals surface area contributed by atoms with Gasteiger partial charge in [-0.25, -0.2) is 4.98 Å². The standard InChI is InChI=1S/C17H18ClN5O2S/c1-10-11(2)19-17(21-16(10)25)23-14(20-15(24)6-3-7-18)9-12(22-23)13-5-4-8-26-13/h4-5,8-9H,3,6-7H2,1-2H3,(H,20,24)(H,19,21,25). The van der Waals surface area contributed by atoms with E-state index < -0.39 is 0 Å². The molecule has 0 aliphatic rings. The van der Waals surface area contributed by atoms with Crippen LogP contribution in [0.3, 0.4) is 0 Å². The molecular weight excluding hydrogens is 374 g/mol. The number of amides is 1. The van der Waals surface area contributed by atoms with Crippen LogP contribution < -0.4 is 10.9 Å². The third kappa shape index (κ3) is 3.86. The van der Waals surface area contributed by atoms with E-state index in [4.69, 9.17) is 11.6 Å². The number of halogens is 1. The number of carbonyl (C=O) groups excluding carboxylic acids is 1. The molecule has 0 aliphatic heterocycles. The molecule has 0 saturated heterocycles. The third-order valence-corrected chi connectivity index (χ3v) is 5.03. The number of H-pyrrole nitrogens is 1. The van der Waals surface area contributed by atoms with Crippen molar-refractivity contribution in [1.82, 2.24) is 19.7 Å². The van der Waals surface area contributed by atoms with E-state index in [9.17, 15) is 9.59 Å². The van der Waals surface area contributed by atoms with Crippen molar-refractivity contribution < 1.29 is 4.79 Å². The van der Waals surface area contributed by atoms with Gasteiger partial charge < -0.3 is 5.32 Å². The van der Waals surface area contributed by atoms with Crippen LogP contribution in [0, 0.1) is 13.8 Å². The third-order valence-electron chi connectivity index (χ3n) is 3.87. The number of aryl methyl sites for hydroxylation is 1. The van der Waals surface area contributed by atoms with Crippen molar-refractivity contribution in [2.75, 3.05) is 11.2 Å². The Labute approximate surface area is 159 Å². The number of aromatic nitrogens is 4. The lowest BCUT2D eigenvalue weighted by atomic mass is 10.3. The van der Waals surface area contributed by atoms with E-state index in [0.717, 1.165) is 4.88 Å². The number of thiophene rings is 1. The molecule has 0 atom stereocenters. The summed E-state index contributed by atoms with van der Waals surface area (Å²) in [6, 6.07) is 5.63. The molecule has 0 fully saturated rings. The van der Waals surface area contributed by atoms with Crippen molar-refractivity contribution in [1.29, 1.82) is 0 Å². The lowest BCUT2D eigenvalue weighted by molar-refractivity contribution is -0.116. The zero-order chi connectivity index (χ0) is 18.7. The van der Waals surface area contributed by atoms with E-state index in [-0.39, 0.29) is 17.4 Å². The van der Waals surface area contributed by atoms with Crippen LogP contribution in [0.1, 0.15) is 24.1 Å². The molecule has 0 aliphatic carbocycles. The summed E-state index contributed by atoms with van der Waals surface area (Å²) in [6.07, 6.45) is 0.887. The molecular formula is C17H18ClN5O2S. The van der Waals surface area contributed by atoms with E-state index in [1.165, 1.54) is 16.0 Å². The van der Waals surface area contributed by atoms with E-state index in [1.54, 1.807) is 19.9 Å². The van der Waals surface area contributed by atoms with Crippen molar-refractivity contribution in [2.24, 2.45) is 0 Å². The average molecular weight is 392 g/mol. The van der Waals surface area contributed by atoms with Gasteiger partial charge in [-0.3, -0.25) is 14.6 Å². The molecule has 3 aromatic heterocycles. The minimum Gasteiger partial charge on any atom is -0.310 e. The van der Waals surface area contributed by atoms with Crippen molar-refractivity contribution >= 4 is 34.7 Å². The maximum absolute atomic E-state index is 12.1. The van der Waals surface area contributed by atoms with Crippen LogP contribution in [0.4, 0.5) is 5.82 Å². The van der Waals surface area contributed by atoms with Gasteiger partial charge in [0.15, 0.2) is 0 Å². The van der Waals surface area contributed by atoms with Gasteiger partial charge in [-0.15, -0.1) is 22.9 Å². The Morgan fingerprint density at radius 2 is 2.23 bits per heavy atom. The van der Waals surface area contributed by atoms with Gasteiger partial charge in [-0.1, -0.05) is 6.07 Å². The summed E-state index contributed by atoms with van der Waals surface area (Å²) < 4.78 is 1.45. The Hall–Kier alpha value is -2.45. The van der Waals surface area contributed by atoms with Crippen LogP contribution in [0.2, 0.25) is 0 Å². The number of rotatable bonds is 6. The first-order valence-corrected chi connectivity index (χ1v) is 9.48. The molecule has 0 spiro atoms. The van der Waals surface area contributed by atoms with Crippen LogP contribution >= 0.6 is 22.9 Å². The Morgan fingerprint density at radius 3 is 2.88 bits per heavy atom. The molecule has 3 heterocycles. The van der Waals surface area contributed by atoms with Gasteiger partial charge in [0.05, 0.1) is 4.88 Å². The Kier molecular flexibility index (Phi) is 5.53. The van der Waals surface area contributed by atoms with Crippen LogP contribution in [0.15, 0.2) is 28.4 Å². The number of nitrogens with one attached hydrogen (secondary N) is 2. The molecule has 0 bridgehead atoms. The maximum Gasteiger partial charge on any atom is 0.255 e. The predicted molar refractivity (Wildman–Crippen MR) is 103 cm³/mol. The van der Waals surface area contributed by atoms with Gasteiger partial charge in [0.2, 0.25) is 11.9 Å². The second-order valence-electron chi connectivity index (χ2n) is 5.74. The molecule has 0 saturated carbocycles. The van der Waals surface area contributed by atoms with Crippen molar-refractivity contribution in [2.45, 2.75) is 26.7 Å². The maximum atomic E-state index is 12.1. The SMILES string of the molecule is Cc1nc(-n2nc(-c3cccs3)cc2NC(=O)CCCCl)[nH]c(=O)c1C. The Morgan fingerprint density at radius 1 is 1.42 bits per heavy atom. The molecule has 0 unspecified atom stereocenters. The number of alkyl halides is 1. The van der Waals surface area contributed by atoms with E-state index in [0.29, 0.717) is 41.5 Å². The summed E-state index contributed by atoms with van der Waals surface area (Å²) in [5, 5.41) is 9.29. The number of anilines is 1. The van der Waals surface area contributed by atoms with E-state index in [1.807, 2.05) is 17.5 Å². The summed E-state index contributed by atoms with van der Waals surface area (Å²) >= 11 is 7.19. The highest BCUT2D eigenvalue weighted by atomic mass is 35.5. The van der Waals surface area contributed by atoms with Crippen LogP contribution in [-0.4, -0.2) is 31.5 Å². The van der Waals surface area contributed by atoms with Gasteiger partial charge in [-0.2, -0.15) is 9.78 Å². The fourth-order valence-corrected chi connectivity index (χ4v) is 3.15. The number of hydrogen-bond donors (Lipinski definition) is 2. The summed E-state index contributed by atoms with van der Waals surface area (Å²) in [5.74, 6) is 0.947. The second-order valence-corrected chi connectivity index (χ2v) is 7.07. The zero-order valence-electron chi connectivity index (χ0n) is 14.4. The van der Waals surface area contributed by atoms with Gasteiger partial charge in [0.25, 0.3) is 5.56 Å². The van der Waals surface area contributed by atoms with E-state index in [2.05, 4.69) is 20.4 Å². The summed E-state index contributed by atoms with van der Waals surface area (Å²) in [4.78, 5) is 32.3. The summed E-state index contributed by atoms with van der Waals surface area (Å²) in [7, 11) is 0. The van der Waals surface area contributed by atoms with Crippen molar-refractivity contribution in [3.8, 4) is 16.5 Å².